The molecule has 0 unspecified atom stereocenters. The number of rotatable bonds is 1. The number of hydrogen-bond acceptors (Lipinski definition) is 2. The van der Waals surface area contributed by atoms with Crippen molar-refractivity contribution < 1.29 is 4.79 Å². The summed E-state index contributed by atoms with van der Waals surface area (Å²) in [6.07, 6.45) is 0. The molecular weight excluding hydrogens is 142 g/mol. The van der Waals surface area contributed by atoms with E-state index >= 15 is 0 Å². The molecule has 1 fully saturated rings. The minimum Gasteiger partial charge on any atom is -0.338 e. The van der Waals surface area contributed by atoms with Crippen LogP contribution in [0.3, 0.4) is 0 Å². The maximum absolute atomic E-state index is 11.2. The van der Waals surface area contributed by atoms with Crippen LogP contribution in [-0.4, -0.2) is 43.7 Å². The maximum Gasteiger partial charge on any atom is 0.317 e. The van der Waals surface area contributed by atoms with E-state index in [-0.39, 0.29) is 6.03 Å². The average molecular weight is 157 g/mol. The van der Waals surface area contributed by atoms with Gasteiger partial charge in [-0.05, 0) is 6.92 Å². The van der Waals surface area contributed by atoms with Crippen molar-refractivity contribution in [2.45, 2.75) is 6.92 Å². The van der Waals surface area contributed by atoms with Gasteiger partial charge in [0.15, 0.2) is 0 Å². The largest absolute Gasteiger partial charge is 0.338 e. The summed E-state index contributed by atoms with van der Waals surface area (Å²) in [6, 6.07) is 0.0639. The Morgan fingerprint density at radius 3 is 2.73 bits per heavy atom. The Morgan fingerprint density at radius 2 is 2.18 bits per heavy atom. The molecule has 0 spiro atoms. The van der Waals surface area contributed by atoms with Gasteiger partial charge in [0, 0.05) is 32.7 Å². The second-order valence-corrected chi connectivity index (χ2v) is 2.57. The minimum absolute atomic E-state index is 0.0639. The molecule has 4 heteroatoms. The van der Waals surface area contributed by atoms with Crippen LogP contribution in [0.4, 0.5) is 4.79 Å². The van der Waals surface area contributed by atoms with Gasteiger partial charge in [-0.1, -0.05) is 0 Å². The SMILES string of the molecule is CCNC(=O)N1CCNCC1. The summed E-state index contributed by atoms with van der Waals surface area (Å²) in [5.41, 5.74) is 0. The van der Waals surface area contributed by atoms with Crippen molar-refractivity contribution in [3.63, 3.8) is 0 Å². The number of nitrogens with zero attached hydrogens (tertiary/aromatic N) is 1. The van der Waals surface area contributed by atoms with Crippen LogP contribution >= 0.6 is 0 Å². The van der Waals surface area contributed by atoms with Crippen molar-refractivity contribution in [3.05, 3.63) is 0 Å². The molecule has 64 valence electrons. The van der Waals surface area contributed by atoms with Crippen LogP contribution in [0.2, 0.25) is 0 Å². The molecule has 1 saturated heterocycles. The molecule has 0 saturated carbocycles. The van der Waals surface area contributed by atoms with Gasteiger partial charge in [-0.15, -0.1) is 0 Å². The van der Waals surface area contributed by atoms with Gasteiger partial charge < -0.3 is 15.5 Å². The molecule has 0 bridgehead atoms. The van der Waals surface area contributed by atoms with Crippen LogP contribution in [0.15, 0.2) is 0 Å². The lowest BCUT2D eigenvalue weighted by Gasteiger charge is -2.27. The summed E-state index contributed by atoms with van der Waals surface area (Å²) in [5, 5.41) is 5.96. The second-order valence-electron chi connectivity index (χ2n) is 2.57. The summed E-state index contributed by atoms with van der Waals surface area (Å²) in [5.74, 6) is 0. The number of carbonyl (C=O) groups excluding carboxylic acids is 1. The van der Waals surface area contributed by atoms with Gasteiger partial charge in [0.25, 0.3) is 0 Å². The molecule has 0 aromatic carbocycles. The maximum atomic E-state index is 11.2. The standard InChI is InChI=1S/C7H15N3O/c1-2-9-7(11)10-5-3-8-4-6-10/h8H,2-6H2,1H3,(H,9,11). The molecule has 1 rings (SSSR count). The summed E-state index contributed by atoms with van der Waals surface area (Å²) in [6.45, 7) is 6.12. The highest BCUT2D eigenvalue weighted by Gasteiger charge is 2.13. The summed E-state index contributed by atoms with van der Waals surface area (Å²) in [7, 11) is 0. The van der Waals surface area contributed by atoms with Gasteiger partial charge in [0.05, 0.1) is 0 Å². The average Bonchev–Trinajstić information content (AvgIpc) is 2.07. The summed E-state index contributed by atoms with van der Waals surface area (Å²) >= 11 is 0. The highest BCUT2D eigenvalue weighted by atomic mass is 16.2. The van der Waals surface area contributed by atoms with E-state index in [2.05, 4.69) is 10.6 Å². The van der Waals surface area contributed by atoms with Gasteiger partial charge in [-0.2, -0.15) is 0 Å². The lowest BCUT2D eigenvalue weighted by atomic mass is 10.4. The van der Waals surface area contributed by atoms with Gasteiger partial charge in [-0.3, -0.25) is 0 Å². The fraction of sp³-hybridized carbons (Fsp3) is 0.857. The molecule has 0 aromatic rings. The molecule has 1 aliphatic heterocycles. The van der Waals surface area contributed by atoms with Crippen molar-refractivity contribution in [2.24, 2.45) is 0 Å². The van der Waals surface area contributed by atoms with Crippen molar-refractivity contribution >= 4 is 6.03 Å². The van der Waals surface area contributed by atoms with Crippen LogP contribution in [0, 0.1) is 0 Å². The van der Waals surface area contributed by atoms with E-state index in [4.69, 9.17) is 0 Å². The van der Waals surface area contributed by atoms with E-state index in [0.717, 1.165) is 26.2 Å². The molecule has 0 radical (unpaired) electrons. The topological polar surface area (TPSA) is 44.4 Å². The molecule has 0 aromatic heterocycles. The fourth-order valence-electron chi connectivity index (χ4n) is 1.13. The predicted molar refractivity (Wildman–Crippen MR) is 43.5 cm³/mol. The number of piperazine rings is 1. The van der Waals surface area contributed by atoms with Gasteiger partial charge >= 0.3 is 6.03 Å². The normalized spacial score (nSPS) is 18.1. The zero-order chi connectivity index (χ0) is 8.10. The van der Waals surface area contributed by atoms with Crippen LogP contribution in [0.5, 0.6) is 0 Å². The van der Waals surface area contributed by atoms with E-state index in [1.54, 1.807) is 0 Å². The smallest absolute Gasteiger partial charge is 0.317 e. The molecule has 11 heavy (non-hydrogen) atoms. The highest BCUT2D eigenvalue weighted by Crippen LogP contribution is 1.91. The lowest BCUT2D eigenvalue weighted by Crippen LogP contribution is -2.50. The molecule has 1 heterocycles. The zero-order valence-electron chi connectivity index (χ0n) is 6.89. The number of carbonyl (C=O) groups is 1. The van der Waals surface area contributed by atoms with Gasteiger partial charge in [0.2, 0.25) is 0 Å². The minimum atomic E-state index is 0.0639. The quantitative estimate of drug-likeness (QED) is 0.545. The number of nitrogens with one attached hydrogen (secondary N) is 2. The molecular formula is C7H15N3O. The Bertz CT molecular complexity index is 132. The van der Waals surface area contributed by atoms with E-state index in [1.807, 2.05) is 11.8 Å². The number of amides is 2. The molecule has 2 amide bonds. The van der Waals surface area contributed by atoms with Crippen molar-refractivity contribution in [2.75, 3.05) is 32.7 Å². The molecule has 4 nitrogen and oxygen atoms in total. The van der Waals surface area contributed by atoms with Crippen molar-refractivity contribution in [1.82, 2.24) is 15.5 Å². The molecule has 0 atom stereocenters. The van der Waals surface area contributed by atoms with E-state index in [0.29, 0.717) is 6.54 Å². The summed E-state index contributed by atoms with van der Waals surface area (Å²) < 4.78 is 0. The van der Waals surface area contributed by atoms with Gasteiger partial charge in [0.1, 0.15) is 0 Å². The second kappa shape index (κ2) is 4.18. The van der Waals surface area contributed by atoms with E-state index in [9.17, 15) is 4.79 Å². The van der Waals surface area contributed by atoms with Crippen LogP contribution in [0.1, 0.15) is 6.92 Å². The zero-order valence-corrected chi connectivity index (χ0v) is 6.89. The third kappa shape index (κ3) is 2.38. The van der Waals surface area contributed by atoms with Crippen molar-refractivity contribution in [3.8, 4) is 0 Å². The van der Waals surface area contributed by atoms with Gasteiger partial charge in [-0.25, -0.2) is 4.79 Å². The molecule has 0 aliphatic carbocycles. The van der Waals surface area contributed by atoms with Crippen LogP contribution < -0.4 is 10.6 Å². The fourth-order valence-corrected chi connectivity index (χ4v) is 1.13. The number of hydrogen-bond donors (Lipinski definition) is 2. The summed E-state index contributed by atoms with van der Waals surface area (Å²) in [4.78, 5) is 13.0. The third-order valence-corrected chi connectivity index (χ3v) is 1.73. The Balaban J connectivity index is 2.27. The first kappa shape index (κ1) is 8.33. The third-order valence-electron chi connectivity index (χ3n) is 1.73. The van der Waals surface area contributed by atoms with Crippen LogP contribution in [-0.2, 0) is 0 Å². The number of urea groups is 1. The molecule has 1 aliphatic rings. The highest BCUT2D eigenvalue weighted by molar-refractivity contribution is 5.74. The van der Waals surface area contributed by atoms with Crippen molar-refractivity contribution in [1.29, 1.82) is 0 Å². The molecule has 2 N–H and O–H groups in total. The monoisotopic (exact) mass is 157 g/mol. The first-order valence-electron chi connectivity index (χ1n) is 4.08. The first-order chi connectivity index (χ1) is 5.34. The predicted octanol–water partition coefficient (Wildman–Crippen LogP) is -0.379. The lowest BCUT2D eigenvalue weighted by molar-refractivity contribution is 0.191. The Morgan fingerprint density at radius 1 is 1.55 bits per heavy atom. The van der Waals surface area contributed by atoms with Crippen LogP contribution in [0.25, 0.3) is 0 Å². The Labute approximate surface area is 66.9 Å². The van der Waals surface area contributed by atoms with E-state index < -0.39 is 0 Å². The Hall–Kier alpha value is -0.770. The Kier molecular flexibility index (Phi) is 3.16. The van der Waals surface area contributed by atoms with E-state index in [1.165, 1.54) is 0 Å². The first-order valence-corrected chi connectivity index (χ1v) is 4.08.